The molecule has 14 heteroatoms. The maximum Gasteiger partial charge on any atom is 1.00 e. The Morgan fingerprint density at radius 1 is 0.792 bits per heavy atom. The van der Waals surface area contributed by atoms with E-state index in [1.54, 1.807) is 0 Å². The van der Waals surface area contributed by atoms with Crippen LogP contribution in [0.2, 0.25) is 0 Å². The van der Waals surface area contributed by atoms with Crippen molar-refractivity contribution < 1.29 is 68.5 Å². The van der Waals surface area contributed by atoms with Crippen LogP contribution < -0.4 is 35.3 Å². The van der Waals surface area contributed by atoms with Crippen molar-refractivity contribution in [2.24, 2.45) is 0 Å². The molecule has 0 aliphatic carbocycles. The quantitative estimate of drug-likeness (QED) is 0.266. The second-order valence-electron chi connectivity index (χ2n) is 4.44. The molecule has 0 spiro atoms. The first-order chi connectivity index (χ1) is 10.2. The number of anilines is 1. The van der Waals surface area contributed by atoms with Gasteiger partial charge in [0, 0.05) is 16.5 Å². The van der Waals surface area contributed by atoms with Crippen LogP contribution in [0.1, 0.15) is 0 Å². The second-order valence-corrected chi connectivity index (χ2v) is 8.60. The molecule has 2 rings (SSSR count). The van der Waals surface area contributed by atoms with E-state index in [9.17, 15) is 34.4 Å². The molecule has 0 atom stereocenters. The van der Waals surface area contributed by atoms with Crippen molar-refractivity contribution in [3.8, 4) is 0 Å². The van der Waals surface area contributed by atoms with Gasteiger partial charge in [0.25, 0.3) is 20.2 Å². The molecule has 0 saturated heterocycles. The Hall–Kier alpha value is -0.770. The molecule has 0 aromatic heterocycles. The molecule has 4 N–H and O–H groups in total. The molecule has 0 saturated carbocycles. The van der Waals surface area contributed by atoms with Gasteiger partial charge in [0.2, 0.25) is 0 Å². The molecule has 0 heterocycles. The van der Waals surface area contributed by atoms with Crippen LogP contribution in [0.5, 0.6) is 0 Å². The van der Waals surface area contributed by atoms with E-state index >= 15 is 0 Å². The minimum Gasteiger partial charge on any atom is -0.744 e. The predicted molar refractivity (Wildman–Crippen MR) is 76.0 cm³/mol. The molecule has 0 aliphatic heterocycles. The van der Waals surface area contributed by atoms with Crippen LogP contribution in [0.4, 0.5) is 5.69 Å². The average molecular weight is 405 g/mol. The third-order valence-corrected chi connectivity index (χ3v) is 5.44. The normalized spacial score (nSPS) is 12.8. The fourth-order valence-corrected chi connectivity index (χ4v) is 4.01. The van der Waals surface area contributed by atoms with Gasteiger partial charge in [-0.2, -0.15) is 16.8 Å². The van der Waals surface area contributed by atoms with E-state index in [4.69, 9.17) is 10.3 Å². The van der Waals surface area contributed by atoms with Gasteiger partial charge in [0.05, 0.1) is 9.79 Å². The van der Waals surface area contributed by atoms with E-state index in [2.05, 4.69) is 0 Å². The van der Waals surface area contributed by atoms with Crippen molar-refractivity contribution in [2.75, 3.05) is 5.73 Å². The maximum atomic E-state index is 11.4. The van der Waals surface area contributed by atoms with E-state index in [1.165, 1.54) is 0 Å². The number of fused-ring (bicyclic) bond motifs is 1. The van der Waals surface area contributed by atoms with E-state index in [0.717, 1.165) is 6.07 Å². The monoisotopic (exact) mass is 405 g/mol. The van der Waals surface area contributed by atoms with Gasteiger partial charge in [-0.05, 0) is 24.3 Å². The Bertz CT molecular complexity index is 1140. The molecule has 2 aromatic carbocycles. The van der Waals surface area contributed by atoms with E-state index in [0.29, 0.717) is 18.2 Å². The molecule has 24 heavy (non-hydrogen) atoms. The Balaban J connectivity index is 0.00000288. The number of hydrogen-bond acceptors (Lipinski definition) is 8. The zero-order chi connectivity index (χ0) is 17.8. The smallest absolute Gasteiger partial charge is 0.744 e. The summed E-state index contributed by atoms with van der Waals surface area (Å²) < 4.78 is 97.3. The van der Waals surface area contributed by atoms with Crippen molar-refractivity contribution in [1.82, 2.24) is 0 Å². The van der Waals surface area contributed by atoms with E-state index in [1.807, 2.05) is 0 Å². The molecule has 0 aliphatic rings. The number of rotatable bonds is 3. The van der Waals surface area contributed by atoms with Gasteiger partial charge in [-0.1, -0.05) is 0 Å². The summed E-state index contributed by atoms with van der Waals surface area (Å²) in [6.45, 7) is 0. The first kappa shape index (κ1) is 21.3. The molecule has 0 radical (unpaired) electrons. The molecular formula is C10H8NNaO9S3. The van der Waals surface area contributed by atoms with Crippen LogP contribution in [0.25, 0.3) is 10.8 Å². The van der Waals surface area contributed by atoms with Crippen molar-refractivity contribution in [2.45, 2.75) is 14.7 Å². The topological polar surface area (TPSA) is 192 Å². The largest absolute Gasteiger partial charge is 1.00 e. The Labute approximate surface area is 159 Å². The summed E-state index contributed by atoms with van der Waals surface area (Å²) in [6.07, 6.45) is 0. The van der Waals surface area contributed by atoms with Crippen LogP contribution >= 0.6 is 0 Å². The number of hydrogen-bond donors (Lipinski definition) is 3. The maximum absolute atomic E-state index is 11.4. The van der Waals surface area contributed by atoms with Crippen LogP contribution in [-0.4, -0.2) is 38.9 Å². The van der Waals surface area contributed by atoms with Gasteiger partial charge in [0.15, 0.2) is 0 Å². The fraction of sp³-hybridized carbons (Fsp3) is 0. The number of nitrogens with two attached hydrogens (primary N) is 1. The van der Waals surface area contributed by atoms with Crippen molar-refractivity contribution in [3.05, 3.63) is 24.3 Å². The van der Waals surface area contributed by atoms with Crippen molar-refractivity contribution in [1.29, 1.82) is 0 Å². The Kier molecular flexibility index (Phi) is 5.77. The summed E-state index contributed by atoms with van der Waals surface area (Å²) >= 11 is 0. The third-order valence-electron chi connectivity index (χ3n) is 2.83. The summed E-state index contributed by atoms with van der Waals surface area (Å²) in [5.41, 5.74) is 5.10. The summed E-state index contributed by atoms with van der Waals surface area (Å²) in [6, 6.07) is 2.63. The summed E-state index contributed by atoms with van der Waals surface area (Å²) in [4.78, 5) is -3.05. The SMILES string of the molecule is Nc1cc(S(=O)(=O)[O-])c2cc(S(=O)(=O)O)cc(S(=O)(=O)O)c2c1.[Na+]. The number of benzene rings is 2. The Morgan fingerprint density at radius 3 is 1.71 bits per heavy atom. The standard InChI is InChI=1S/C10H9NO9S3.Na/c11-5-1-7-8(9(2-5)22(15,16)17)3-6(21(12,13)14)4-10(7)23(18,19)20;/h1-4H,11H2,(H,12,13,14)(H,15,16,17)(H,18,19,20);/q;+1/p-1. The molecular weight excluding hydrogens is 397 g/mol. The van der Waals surface area contributed by atoms with E-state index in [-0.39, 0.29) is 35.2 Å². The second kappa shape index (κ2) is 6.51. The summed E-state index contributed by atoms with van der Waals surface area (Å²) in [5.74, 6) is 0. The average Bonchev–Trinajstić information content (AvgIpc) is 2.32. The molecule has 0 amide bonds. The minimum absolute atomic E-state index is 0. The minimum atomic E-state index is -5.16. The summed E-state index contributed by atoms with van der Waals surface area (Å²) in [7, 11) is -15.1. The molecule has 0 unspecified atom stereocenters. The van der Waals surface area contributed by atoms with Crippen LogP contribution in [-0.2, 0) is 30.4 Å². The third kappa shape index (κ3) is 4.25. The van der Waals surface area contributed by atoms with Gasteiger partial charge < -0.3 is 10.3 Å². The van der Waals surface area contributed by atoms with Gasteiger partial charge >= 0.3 is 29.6 Å². The van der Waals surface area contributed by atoms with Crippen LogP contribution in [0, 0.1) is 0 Å². The van der Waals surface area contributed by atoms with Gasteiger partial charge in [-0.25, -0.2) is 8.42 Å². The van der Waals surface area contributed by atoms with Gasteiger partial charge in [-0.15, -0.1) is 0 Å². The van der Waals surface area contributed by atoms with Gasteiger partial charge in [0.1, 0.15) is 15.0 Å². The fourth-order valence-electron chi connectivity index (χ4n) is 1.96. The predicted octanol–water partition coefficient (Wildman–Crippen LogP) is -3.18. The van der Waals surface area contributed by atoms with Crippen molar-refractivity contribution >= 4 is 46.8 Å². The molecule has 10 nitrogen and oxygen atoms in total. The van der Waals surface area contributed by atoms with Crippen LogP contribution in [0.3, 0.4) is 0 Å². The summed E-state index contributed by atoms with van der Waals surface area (Å²) in [5, 5.41) is -1.12. The number of nitrogen functional groups attached to an aromatic ring is 1. The zero-order valence-corrected chi connectivity index (χ0v) is 16.3. The molecule has 126 valence electrons. The molecule has 2 aromatic rings. The zero-order valence-electron chi connectivity index (χ0n) is 11.9. The van der Waals surface area contributed by atoms with Crippen LogP contribution in [0.15, 0.2) is 39.0 Å². The molecule has 0 bridgehead atoms. The van der Waals surface area contributed by atoms with Crippen molar-refractivity contribution in [3.63, 3.8) is 0 Å². The van der Waals surface area contributed by atoms with Gasteiger partial charge in [-0.3, -0.25) is 9.11 Å². The molecule has 0 fully saturated rings. The van der Waals surface area contributed by atoms with E-state index < -0.39 is 55.8 Å². The first-order valence-corrected chi connectivity index (χ1v) is 9.78. The Morgan fingerprint density at radius 2 is 1.29 bits per heavy atom. The first-order valence-electron chi connectivity index (χ1n) is 5.49.